The Morgan fingerprint density at radius 1 is 1.04 bits per heavy atom. The molecule has 1 amide bonds. The molecule has 152 valence electrons. The monoisotopic (exact) mass is 406 g/mol. The Hall–Kier alpha value is -2.58. The van der Waals surface area contributed by atoms with Gasteiger partial charge in [-0.2, -0.15) is 8.42 Å². The molecular weight excluding hydrogens is 380 g/mol. The lowest BCUT2D eigenvalue weighted by Crippen LogP contribution is -2.37. The van der Waals surface area contributed by atoms with Gasteiger partial charge in [-0.25, -0.2) is 0 Å². The molecule has 0 aliphatic heterocycles. The summed E-state index contributed by atoms with van der Waals surface area (Å²) in [6.07, 6.45) is 0.793. The lowest BCUT2D eigenvalue weighted by Gasteiger charge is -2.21. The largest absolute Gasteiger partial charge is 0.495 e. The highest BCUT2D eigenvalue weighted by molar-refractivity contribution is 7.87. The van der Waals surface area contributed by atoms with Crippen molar-refractivity contribution in [2.45, 2.75) is 13.3 Å². The summed E-state index contributed by atoms with van der Waals surface area (Å²) >= 11 is 0. The predicted octanol–water partition coefficient (Wildman–Crippen LogP) is 2.75. The zero-order valence-corrected chi connectivity index (χ0v) is 16.9. The fourth-order valence-corrected chi connectivity index (χ4v) is 3.60. The number of carbonyl (C=O) groups excluding carboxylic acids is 1. The molecule has 28 heavy (non-hydrogen) atoms. The molecule has 2 aromatic carbocycles. The summed E-state index contributed by atoms with van der Waals surface area (Å²) in [5.41, 5.74) is 0.575. The summed E-state index contributed by atoms with van der Waals surface area (Å²) in [5, 5.41) is 2.80. The van der Waals surface area contributed by atoms with Gasteiger partial charge in [0.25, 0.3) is 0 Å². The maximum Gasteiger partial charge on any atom is 0.310 e. The first kappa shape index (κ1) is 21.7. The summed E-state index contributed by atoms with van der Waals surface area (Å²) < 4.78 is 34.7. The molecule has 2 aromatic rings. The van der Waals surface area contributed by atoms with Crippen LogP contribution in [0.3, 0.4) is 0 Å². The fourth-order valence-electron chi connectivity index (χ4n) is 2.63. The van der Waals surface area contributed by atoms with E-state index in [1.54, 1.807) is 53.4 Å². The van der Waals surface area contributed by atoms with Crippen molar-refractivity contribution in [1.29, 1.82) is 0 Å². The Kier molecular flexibility index (Phi) is 8.28. The second-order valence-electron chi connectivity index (χ2n) is 6.18. The van der Waals surface area contributed by atoms with E-state index in [1.807, 2.05) is 13.0 Å². The Bertz CT molecular complexity index is 856. The van der Waals surface area contributed by atoms with Gasteiger partial charge < -0.3 is 14.2 Å². The molecular formula is C20H26N2O5S. The molecule has 0 radical (unpaired) electrons. The van der Waals surface area contributed by atoms with Crippen molar-refractivity contribution in [3.05, 3.63) is 54.6 Å². The Morgan fingerprint density at radius 2 is 1.71 bits per heavy atom. The minimum absolute atomic E-state index is 0.0761. The van der Waals surface area contributed by atoms with Crippen molar-refractivity contribution >= 4 is 21.7 Å². The molecule has 0 spiro atoms. The van der Waals surface area contributed by atoms with Crippen LogP contribution < -0.4 is 14.2 Å². The molecule has 0 fully saturated rings. The van der Waals surface area contributed by atoms with Gasteiger partial charge in [0.05, 0.1) is 25.1 Å². The summed E-state index contributed by atoms with van der Waals surface area (Å²) in [5.74, 6) is 0.401. The SMILES string of the molecule is CCCN(CCS(=O)(=O)Oc1ccccc1)CC(=O)Nc1ccccc1OC. The highest BCUT2D eigenvalue weighted by Crippen LogP contribution is 2.22. The normalized spacial score (nSPS) is 11.2. The summed E-state index contributed by atoms with van der Waals surface area (Å²) in [7, 11) is -2.21. The number of hydrogen-bond acceptors (Lipinski definition) is 6. The molecule has 7 nitrogen and oxygen atoms in total. The zero-order chi connectivity index (χ0) is 20.4. The van der Waals surface area contributed by atoms with Gasteiger partial charge in [0.2, 0.25) is 5.91 Å². The van der Waals surface area contributed by atoms with Crippen molar-refractivity contribution in [3.63, 3.8) is 0 Å². The van der Waals surface area contributed by atoms with E-state index in [4.69, 9.17) is 8.92 Å². The van der Waals surface area contributed by atoms with Crippen molar-refractivity contribution in [1.82, 2.24) is 4.90 Å². The quantitative estimate of drug-likeness (QED) is 0.578. The van der Waals surface area contributed by atoms with Crippen LogP contribution in [0.1, 0.15) is 13.3 Å². The van der Waals surface area contributed by atoms with Crippen LogP contribution in [0.5, 0.6) is 11.5 Å². The predicted molar refractivity (Wildman–Crippen MR) is 109 cm³/mol. The van der Waals surface area contributed by atoms with E-state index in [1.165, 1.54) is 7.11 Å². The molecule has 1 N–H and O–H groups in total. The van der Waals surface area contributed by atoms with Gasteiger partial charge in [-0.05, 0) is 37.2 Å². The van der Waals surface area contributed by atoms with Gasteiger partial charge in [0, 0.05) is 6.54 Å². The summed E-state index contributed by atoms with van der Waals surface area (Å²) in [4.78, 5) is 14.2. The second kappa shape index (κ2) is 10.7. The standard InChI is InChI=1S/C20H26N2O5S/c1-3-13-22(14-15-28(24,25)27-17-9-5-4-6-10-17)16-20(23)21-18-11-7-8-12-19(18)26-2/h4-12H,3,13-16H2,1-2H3,(H,21,23). The molecule has 0 saturated carbocycles. The lowest BCUT2D eigenvalue weighted by atomic mass is 10.3. The smallest absolute Gasteiger partial charge is 0.310 e. The third-order valence-electron chi connectivity index (χ3n) is 3.91. The first-order chi connectivity index (χ1) is 13.4. The van der Waals surface area contributed by atoms with E-state index in [2.05, 4.69) is 5.32 Å². The molecule has 0 bridgehead atoms. The maximum atomic E-state index is 12.4. The highest BCUT2D eigenvalue weighted by Gasteiger charge is 2.18. The van der Waals surface area contributed by atoms with Gasteiger partial charge in [-0.15, -0.1) is 0 Å². The fraction of sp³-hybridized carbons (Fsp3) is 0.350. The van der Waals surface area contributed by atoms with Gasteiger partial charge in [0.15, 0.2) is 0 Å². The summed E-state index contributed by atoms with van der Waals surface area (Å²) in [6.45, 7) is 2.84. The molecule has 0 heterocycles. The number of para-hydroxylation sites is 3. The lowest BCUT2D eigenvalue weighted by molar-refractivity contribution is -0.117. The first-order valence-electron chi connectivity index (χ1n) is 9.06. The van der Waals surface area contributed by atoms with Gasteiger partial charge in [-0.1, -0.05) is 37.3 Å². The Morgan fingerprint density at radius 3 is 2.39 bits per heavy atom. The van der Waals surface area contributed by atoms with E-state index in [0.29, 0.717) is 18.0 Å². The van der Waals surface area contributed by atoms with Crippen LogP contribution in [0.15, 0.2) is 54.6 Å². The number of hydrogen-bond donors (Lipinski definition) is 1. The number of nitrogens with one attached hydrogen (secondary N) is 1. The molecule has 0 aromatic heterocycles. The van der Waals surface area contributed by atoms with Crippen LogP contribution >= 0.6 is 0 Å². The van der Waals surface area contributed by atoms with E-state index in [0.717, 1.165) is 6.42 Å². The van der Waals surface area contributed by atoms with E-state index in [-0.39, 0.29) is 30.5 Å². The third-order valence-corrected chi connectivity index (χ3v) is 5.04. The first-order valence-corrected chi connectivity index (χ1v) is 10.6. The van der Waals surface area contributed by atoms with Gasteiger partial charge in [-0.3, -0.25) is 9.69 Å². The van der Waals surface area contributed by atoms with Crippen molar-refractivity contribution in [2.75, 3.05) is 37.8 Å². The topological polar surface area (TPSA) is 84.9 Å². The van der Waals surface area contributed by atoms with Gasteiger partial charge >= 0.3 is 10.1 Å². The van der Waals surface area contributed by atoms with Crippen LogP contribution in [0.2, 0.25) is 0 Å². The molecule has 0 atom stereocenters. The van der Waals surface area contributed by atoms with E-state index >= 15 is 0 Å². The van der Waals surface area contributed by atoms with Crippen molar-refractivity contribution in [3.8, 4) is 11.5 Å². The molecule has 8 heteroatoms. The minimum Gasteiger partial charge on any atom is -0.495 e. The summed E-state index contributed by atoms with van der Waals surface area (Å²) in [6, 6.07) is 15.5. The number of ether oxygens (including phenoxy) is 1. The number of nitrogens with zero attached hydrogens (tertiary/aromatic N) is 1. The number of rotatable bonds is 11. The van der Waals surface area contributed by atoms with Crippen molar-refractivity contribution < 1.29 is 22.1 Å². The van der Waals surface area contributed by atoms with Crippen LogP contribution in [0, 0.1) is 0 Å². The van der Waals surface area contributed by atoms with Crippen LogP contribution in [0.4, 0.5) is 5.69 Å². The molecule has 2 rings (SSSR count). The molecule has 0 unspecified atom stereocenters. The molecule has 0 aliphatic rings. The number of benzene rings is 2. The van der Waals surface area contributed by atoms with Crippen LogP contribution in [-0.2, 0) is 14.9 Å². The maximum absolute atomic E-state index is 12.4. The van der Waals surface area contributed by atoms with Gasteiger partial charge in [0.1, 0.15) is 11.5 Å². The molecule has 0 saturated heterocycles. The number of carbonyl (C=O) groups is 1. The number of anilines is 1. The van der Waals surface area contributed by atoms with E-state index in [9.17, 15) is 13.2 Å². The third kappa shape index (κ3) is 7.21. The highest BCUT2D eigenvalue weighted by atomic mass is 32.2. The Labute approximate surface area is 166 Å². The zero-order valence-electron chi connectivity index (χ0n) is 16.1. The molecule has 0 aliphatic carbocycles. The number of amides is 1. The average Bonchev–Trinajstić information content (AvgIpc) is 2.67. The van der Waals surface area contributed by atoms with Crippen molar-refractivity contribution in [2.24, 2.45) is 0 Å². The van der Waals surface area contributed by atoms with Crippen LogP contribution in [0.25, 0.3) is 0 Å². The minimum atomic E-state index is -3.75. The number of methoxy groups -OCH3 is 1. The second-order valence-corrected chi connectivity index (χ2v) is 7.87. The Balaban J connectivity index is 1.92. The average molecular weight is 407 g/mol. The van der Waals surface area contributed by atoms with Crippen LogP contribution in [-0.4, -0.2) is 51.7 Å². The van der Waals surface area contributed by atoms with E-state index < -0.39 is 10.1 Å².